The Morgan fingerprint density at radius 3 is 2.70 bits per heavy atom. The van der Waals surface area contributed by atoms with E-state index in [-0.39, 0.29) is 17.6 Å². The van der Waals surface area contributed by atoms with Gasteiger partial charge in [-0.1, -0.05) is 23.9 Å². The third kappa shape index (κ3) is 5.33. The molecule has 0 aliphatic carbocycles. The lowest BCUT2D eigenvalue weighted by Crippen LogP contribution is -2.40. The molecule has 0 bridgehead atoms. The van der Waals surface area contributed by atoms with E-state index in [0.717, 1.165) is 42.2 Å². The van der Waals surface area contributed by atoms with Crippen LogP contribution in [0.2, 0.25) is 0 Å². The Hall–Kier alpha value is -3.00. The van der Waals surface area contributed by atoms with Gasteiger partial charge in [0.15, 0.2) is 5.82 Å². The summed E-state index contributed by atoms with van der Waals surface area (Å²) in [6, 6.07) is 14.0. The smallest absolute Gasteiger partial charge is 0.223 e. The van der Waals surface area contributed by atoms with Crippen LogP contribution in [0, 0.1) is 11.7 Å². The predicted molar refractivity (Wildman–Crippen MR) is 114 cm³/mol. The summed E-state index contributed by atoms with van der Waals surface area (Å²) in [6.45, 7) is 2.02. The maximum absolute atomic E-state index is 13.3. The average Bonchev–Trinajstić information content (AvgIpc) is 2.79. The number of nitrogens with one attached hydrogen (secondary N) is 1. The fourth-order valence-corrected chi connectivity index (χ4v) is 4.17. The van der Waals surface area contributed by atoms with Gasteiger partial charge in [0.1, 0.15) is 10.8 Å². The molecule has 1 N–H and O–H groups in total. The summed E-state index contributed by atoms with van der Waals surface area (Å²) < 4.78 is 13.3. The van der Waals surface area contributed by atoms with E-state index in [0.29, 0.717) is 11.6 Å². The highest BCUT2D eigenvalue weighted by atomic mass is 32.2. The third-order valence-corrected chi connectivity index (χ3v) is 5.94. The SMILES string of the molecule is O=C(NCc1cccnc1)C1CCN(c2ccc(Sc3cccc(F)c3)nn2)CC1. The number of halogens is 1. The molecule has 2 aromatic heterocycles. The normalized spacial score (nSPS) is 14.5. The van der Waals surface area contributed by atoms with Crippen molar-refractivity contribution in [2.24, 2.45) is 5.92 Å². The molecule has 1 saturated heterocycles. The number of pyridine rings is 1. The monoisotopic (exact) mass is 423 g/mol. The van der Waals surface area contributed by atoms with Gasteiger partial charge in [-0.15, -0.1) is 10.2 Å². The molecule has 1 aromatic carbocycles. The number of nitrogens with zero attached hydrogens (tertiary/aromatic N) is 4. The van der Waals surface area contributed by atoms with Crippen LogP contribution in [0.25, 0.3) is 0 Å². The number of hydrogen-bond acceptors (Lipinski definition) is 6. The molecule has 0 atom stereocenters. The molecule has 1 aliphatic rings. The van der Waals surface area contributed by atoms with Gasteiger partial charge in [0.2, 0.25) is 5.91 Å². The Balaban J connectivity index is 1.27. The van der Waals surface area contributed by atoms with Crippen LogP contribution in [0.4, 0.5) is 10.2 Å². The molecule has 0 saturated carbocycles. The number of carbonyl (C=O) groups is 1. The maximum Gasteiger partial charge on any atom is 0.223 e. The number of anilines is 1. The summed E-state index contributed by atoms with van der Waals surface area (Å²) in [4.78, 5) is 19.4. The summed E-state index contributed by atoms with van der Waals surface area (Å²) in [6.07, 6.45) is 5.04. The molecule has 1 amide bonds. The first-order valence-electron chi connectivity index (χ1n) is 9.86. The Kier molecular flexibility index (Phi) is 6.53. The summed E-state index contributed by atoms with van der Waals surface area (Å²) in [5.74, 6) is 0.629. The van der Waals surface area contributed by atoms with Gasteiger partial charge in [0, 0.05) is 42.8 Å². The van der Waals surface area contributed by atoms with Gasteiger partial charge in [0.25, 0.3) is 0 Å². The lowest BCUT2D eigenvalue weighted by atomic mass is 9.96. The van der Waals surface area contributed by atoms with Crippen molar-refractivity contribution in [3.8, 4) is 0 Å². The molecule has 6 nitrogen and oxygen atoms in total. The number of benzene rings is 1. The fraction of sp³-hybridized carbons (Fsp3) is 0.273. The largest absolute Gasteiger partial charge is 0.355 e. The lowest BCUT2D eigenvalue weighted by molar-refractivity contribution is -0.125. The van der Waals surface area contributed by atoms with E-state index in [1.165, 1.54) is 23.9 Å². The number of carbonyl (C=O) groups excluding carboxylic acids is 1. The van der Waals surface area contributed by atoms with Crippen LogP contribution in [-0.2, 0) is 11.3 Å². The minimum atomic E-state index is -0.267. The van der Waals surface area contributed by atoms with Gasteiger partial charge in [0.05, 0.1) is 0 Å². The van der Waals surface area contributed by atoms with Crippen LogP contribution in [0.1, 0.15) is 18.4 Å². The van der Waals surface area contributed by atoms with Gasteiger partial charge >= 0.3 is 0 Å². The van der Waals surface area contributed by atoms with E-state index in [2.05, 4.69) is 25.4 Å². The summed E-state index contributed by atoms with van der Waals surface area (Å²) in [5.41, 5.74) is 0.995. The van der Waals surface area contributed by atoms with Crippen molar-refractivity contribution in [3.05, 3.63) is 72.3 Å². The van der Waals surface area contributed by atoms with Crippen molar-refractivity contribution in [2.45, 2.75) is 29.3 Å². The van der Waals surface area contributed by atoms with E-state index in [1.54, 1.807) is 18.5 Å². The molecule has 0 radical (unpaired) electrons. The third-order valence-electron chi connectivity index (χ3n) is 5.02. The first-order chi connectivity index (χ1) is 14.7. The highest BCUT2D eigenvalue weighted by Gasteiger charge is 2.25. The van der Waals surface area contributed by atoms with Crippen LogP contribution in [0.5, 0.6) is 0 Å². The quantitative estimate of drug-likeness (QED) is 0.652. The second-order valence-corrected chi connectivity index (χ2v) is 8.22. The number of amides is 1. The second-order valence-electron chi connectivity index (χ2n) is 7.13. The standard InChI is InChI=1S/C22H22FN5OS/c23-18-4-1-5-19(13-18)30-21-7-6-20(26-27-21)28-11-8-17(9-12-28)22(29)25-15-16-3-2-10-24-14-16/h1-7,10,13-14,17H,8-9,11-12,15H2,(H,25,29). The van der Waals surface area contributed by atoms with Crippen molar-refractivity contribution in [1.29, 1.82) is 0 Å². The Bertz CT molecular complexity index is 978. The highest BCUT2D eigenvalue weighted by Crippen LogP contribution is 2.27. The molecule has 3 heterocycles. The van der Waals surface area contributed by atoms with Crippen LogP contribution < -0.4 is 10.2 Å². The lowest BCUT2D eigenvalue weighted by Gasteiger charge is -2.31. The summed E-state index contributed by atoms with van der Waals surface area (Å²) in [7, 11) is 0. The van der Waals surface area contributed by atoms with Gasteiger partial charge < -0.3 is 10.2 Å². The fourth-order valence-electron chi connectivity index (χ4n) is 3.39. The van der Waals surface area contributed by atoms with Gasteiger partial charge in [-0.2, -0.15) is 0 Å². The average molecular weight is 424 g/mol. The molecule has 0 unspecified atom stereocenters. The zero-order valence-electron chi connectivity index (χ0n) is 16.4. The first-order valence-corrected chi connectivity index (χ1v) is 10.7. The summed E-state index contributed by atoms with van der Waals surface area (Å²) in [5, 5.41) is 12.3. The molecule has 3 aromatic rings. The zero-order valence-corrected chi connectivity index (χ0v) is 17.2. The molecule has 30 heavy (non-hydrogen) atoms. The zero-order chi connectivity index (χ0) is 20.8. The van der Waals surface area contributed by atoms with Crippen molar-refractivity contribution >= 4 is 23.5 Å². The number of hydrogen-bond donors (Lipinski definition) is 1. The van der Waals surface area contributed by atoms with E-state index in [9.17, 15) is 9.18 Å². The molecule has 1 aliphatic heterocycles. The molecular formula is C22H22FN5OS. The van der Waals surface area contributed by atoms with Gasteiger partial charge in [-0.05, 0) is 54.8 Å². The highest BCUT2D eigenvalue weighted by molar-refractivity contribution is 7.99. The van der Waals surface area contributed by atoms with Crippen LogP contribution >= 0.6 is 11.8 Å². The maximum atomic E-state index is 13.3. The van der Waals surface area contributed by atoms with E-state index in [1.807, 2.05) is 30.3 Å². The topological polar surface area (TPSA) is 71.0 Å². The molecule has 0 spiro atoms. The van der Waals surface area contributed by atoms with E-state index < -0.39 is 0 Å². The van der Waals surface area contributed by atoms with Crippen molar-refractivity contribution in [1.82, 2.24) is 20.5 Å². The van der Waals surface area contributed by atoms with E-state index in [4.69, 9.17) is 0 Å². The molecule has 8 heteroatoms. The first kappa shape index (κ1) is 20.3. The molecular weight excluding hydrogens is 401 g/mol. The van der Waals surface area contributed by atoms with Gasteiger partial charge in [-0.25, -0.2) is 4.39 Å². The molecule has 1 fully saturated rings. The van der Waals surface area contributed by atoms with Crippen molar-refractivity contribution < 1.29 is 9.18 Å². The number of rotatable bonds is 6. The van der Waals surface area contributed by atoms with E-state index >= 15 is 0 Å². The van der Waals surface area contributed by atoms with Crippen molar-refractivity contribution in [3.63, 3.8) is 0 Å². The minimum absolute atomic E-state index is 0.00804. The number of piperidine rings is 1. The molecule has 154 valence electrons. The van der Waals surface area contributed by atoms with Crippen LogP contribution in [0.3, 0.4) is 0 Å². The Labute approximate surface area is 178 Å². The number of aromatic nitrogens is 3. The summed E-state index contributed by atoms with van der Waals surface area (Å²) >= 11 is 1.38. The second kappa shape index (κ2) is 9.67. The van der Waals surface area contributed by atoms with Crippen LogP contribution in [-0.4, -0.2) is 34.2 Å². The van der Waals surface area contributed by atoms with Gasteiger partial charge in [-0.3, -0.25) is 9.78 Å². The Morgan fingerprint density at radius 1 is 1.13 bits per heavy atom. The minimum Gasteiger partial charge on any atom is -0.355 e. The molecule has 4 rings (SSSR count). The predicted octanol–water partition coefficient (Wildman–Crippen LogP) is 3.69. The Morgan fingerprint density at radius 2 is 2.00 bits per heavy atom. The van der Waals surface area contributed by atoms with Crippen molar-refractivity contribution in [2.75, 3.05) is 18.0 Å². The van der Waals surface area contributed by atoms with Crippen LogP contribution in [0.15, 0.2) is 70.8 Å².